The molecule has 0 fully saturated rings. The number of hydrogen-bond acceptors (Lipinski definition) is 4. The van der Waals surface area contributed by atoms with Gasteiger partial charge in [0, 0.05) is 34.2 Å². The van der Waals surface area contributed by atoms with E-state index in [9.17, 15) is 14.3 Å². The van der Waals surface area contributed by atoms with E-state index in [1.165, 1.54) is 12.1 Å². The first kappa shape index (κ1) is 17.6. The van der Waals surface area contributed by atoms with Gasteiger partial charge in [-0.1, -0.05) is 18.2 Å². The molecule has 6 nitrogen and oxygen atoms in total. The van der Waals surface area contributed by atoms with Gasteiger partial charge in [-0.2, -0.15) is 0 Å². The molecule has 1 aliphatic carbocycles. The number of hydrogen-bond donors (Lipinski definition) is 2. The summed E-state index contributed by atoms with van der Waals surface area (Å²) in [4.78, 5) is 20.3. The van der Waals surface area contributed by atoms with E-state index in [1.807, 2.05) is 24.3 Å². The van der Waals surface area contributed by atoms with Crippen LogP contribution < -0.4 is 5.32 Å². The minimum atomic E-state index is -0.904. The molecule has 0 saturated carbocycles. The number of halogens is 1. The van der Waals surface area contributed by atoms with Gasteiger partial charge in [-0.25, -0.2) is 14.4 Å². The Labute approximate surface area is 166 Å². The zero-order valence-electron chi connectivity index (χ0n) is 15.6. The molecular weight excluding hydrogens is 371 g/mol. The van der Waals surface area contributed by atoms with Crippen molar-refractivity contribution in [1.82, 2.24) is 14.5 Å². The van der Waals surface area contributed by atoms with Crippen molar-refractivity contribution in [2.75, 3.05) is 5.32 Å². The molecule has 0 spiro atoms. The van der Waals surface area contributed by atoms with Crippen molar-refractivity contribution in [1.29, 1.82) is 0 Å². The first-order chi connectivity index (χ1) is 14.1. The number of para-hydroxylation sites is 1. The third kappa shape index (κ3) is 3.18. The molecule has 7 heteroatoms. The molecular formula is C22H19FN4O2. The van der Waals surface area contributed by atoms with Gasteiger partial charge in [0.15, 0.2) is 0 Å². The monoisotopic (exact) mass is 390 g/mol. The Morgan fingerprint density at radius 1 is 1.28 bits per heavy atom. The Balaban J connectivity index is 1.48. The van der Waals surface area contributed by atoms with Crippen molar-refractivity contribution < 1.29 is 14.3 Å². The van der Waals surface area contributed by atoms with Crippen molar-refractivity contribution in [3.05, 3.63) is 65.7 Å². The van der Waals surface area contributed by atoms with Crippen molar-refractivity contribution >= 4 is 33.7 Å². The molecule has 2 aromatic carbocycles. The molecule has 2 heterocycles. The number of nitrogens with one attached hydrogen (secondary N) is 1. The van der Waals surface area contributed by atoms with Crippen LogP contribution in [0.25, 0.3) is 21.8 Å². The van der Waals surface area contributed by atoms with E-state index in [0.717, 1.165) is 39.5 Å². The highest BCUT2D eigenvalue weighted by molar-refractivity contribution is 5.87. The number of fused-ring (bicyclic) bond motifs is 4. The van der Waals surface area contributed by atoms with Crippen molar-refractivity contribution in [2.45, 2.75) is 31.8 Å². The number of carboxylic acids is 1. The quantitative estimate of drug-likeness (QED) is 0.554. The second-order valence-electron chi connectivity index (χ2n) is 7.40. The van der Waals surface area contributed by atoms with Gasteiger partial charge in [-0.05, 0) is 49.1 Å². The van der Waals surface area contributed by atoms with E-state index in [-0.39, 0.29) is 18.4 Å². The van der Waals surface area contributed by atoms with E-state index < -0.39 is 5.97 Å². The molecule has 1 unspecified atom stereocenters. The van der Waals surface area contributed by atoms with Gasteiger partial charge in [0.05, 0.1) is 5.52 Å². The lowest BCUT2D eigenvalue weighted by Gasteiger charge is -2.25. The summed E-state index contributed by atoms with van der Waals surface area (Å²) in [5.41, 5.74) is 3.62. The maximum atomic E-state index is 13.9. The summed E-state index contributed by atoms with van der Waals surface area (Å²) in [6.45, 7) is -0.122. The van der Waals surface area contributed by atoms with E-state index in [0.29, 0.717) is 18.8 Å². The van der Waals surface area contributed by atoms with Crippen LogP contribution in [-0.4, -0.2) is 31.7 Å². The predicted molar refractivity (Wildman–Crippen MR) is 109 cm³/mol. The summed E-state index contributed by atoms with van der Waals surface area (Å²) < 4.78 is 15.7. The third-order valence-electron chi connectivity index (χ3n) is 5.54. The molecule has 0 saturated heterocycles. The summed E-state index contributed by atoms with van der Waals surface area (Å²) in [5.74, 6) is -0.655. The average Bonchev–Trinajstić information content (AvgIpc) is 3.00. The number of carbonyl (C=O) groups is 1. The van der Waals surface area contributed by atoms with Crippen LogP contribution in [-0.2, 0) is 24.2 Å². The third-order valence-corrected chi connectivity index (χ3v) is 5.54. The fraction of sp³-hybridized carbons (Fsp3) is 0.227. The van der Waals surface area contributed by atoms with Crippen LogP contribution in [0.2, 0.25) is 0 Å². The van der Waals surface area contributed by atoms with E-state index in [4.69, 9.17) is 0 Å². The van der Waals surface area contributed by atoms with Gasteiger partial charge >= 0.3 is 5.97 Å². The van der Waals surface area contributed by atoms with Crippen LogP contribution in [0.5, 0.6) is 0 Å². The lowest BCUT2D eigenvalue weighted by molar-refractivity contribution is -0.137. The fourth-order valence-electron chi connectivity index (χ4n) is 4.29. The maximum Gasteiger partial charge on any atom is 0.323 e. The minimum Gasteiger partial charge on any atom is -0.480 e. The highest BCUT2D eigenvalue weighted by Gasteiger charge is 2.26. The van der Waals surface area contributed by atoms with Crippen molar-refractivity contribution in [2.24, 2.45) is 0 Å². The largest absolute Gasteiger partial charge is 0.480 e. The molecule has 4 aromatic rings. The molecule has 0 radical (unpaired) electrons. The van der Waals surface area contributed by atoms with Crippen molar-refractivity contribution in [3.8, 4) is 0 Å². The minimum absolute atomic E-state index is 0.0933. The van der Waals surface area contributed by atoms with Gasteiger partial charge in [-0.15, -0.1) is 0 Å². The lowest BCUT2D eigenvalue weighted by atomic mass is 9.91. The topological polar surface area (TPSA) is 80.0 Å². The van der Waals surface area contributed by atoms with Gasteiger partial charge in [0.2, 0.25) is 5.95 Å². The summed E-state index contributed by atoms with van der Waals surface area (Å²) >= 11 is 0. The van der Waals surface area contributed by atoms with Crippen LogP contribution in [0.1, 0.15) is 17.7 Å². The summed E-state index contributed by atoms with van der Waals surface area (Å²) in [6, 6.07) is 12.5. The number of nitrogens with zero attached hydrogens (tertiary/aromatic N) is 3. The van der Waals surface area contributed by atoms with Crippen LogP contribution in [0.4, 0.5) is 10.3 Å². The zero-order valence-corrected chi connectivity index (χ0v) is 15.6. The summed E-state index contributed by atoms with van der Waals surface area (Å²) in [7, 11) is 0. The number of aliphatic carboxylic acids is 1. The number of carboxylic acid groups (broad SMARTS) is 1. The van der Waals surface area contributed by atoms with Crippen LogP contribution in [0, 0.1) is 5.82 Å². The first-order valence-corrected chi connectivity index (χ1v) is 9.58. The zero-order chi connectivity index (χ0) is 20.0. The molecule has 0 bridgehead atoms. The molecule has 0 amide bonds. The molecule has 29 heavy (non-hydrogen) atoms. The summed E-state index contributed by atoms with van der Waals surface area (Å²) in [6.07, 6.45) is 4.00. The number of anilines is 1. The van der Waals surface area contributed by atoms with E-state index >= 15 is 0 Å². The second kappa shape index (κ2) is 6.84. The summed E-state index contributed by atoms with van der Waals surface area (Å²) in [5, 5.41) is 14.5. The number of rotatable bonds is 4. The van der Waals surface area contributed by atoms with E-state index in [1.54, 1.807) is 16.8 Å². The molecule has 2 aromatic heterocycles. The maximum absolute atomic E-state index is 13.9. The van der Waals surface area contributed by atoms with Gasteiger partial charge in [0.1, 0.15) is 12.4 Å². The Morgan fingerprint density at radius 2 is 2.14 bits per heavy atom. The lowest BCUT2D eigenvalue weighted by Crippen LogP contribution is -2.29. The number of benzene rings is 2. The Morgan fingerprint density at radius 3 is 3.00 bits per heavy atom. The van der Waals surface area contributed by atoms with Gasteiger partial charge in [0.25, 0.3) is 0 Å². The predicted octanol–water partition coefficient (Wildman–Crippen LogP) is 3.78. The molecule has 1 atom stereocenters. The van der Waals surface area contributed by atoms with Gasteiger partial charge in [-0.3, -0.25) is 4.79 Å². The SMILES string of the molecule is O=C(O)Cn1c2c(c3cc(F)ccc31)CC(Nc1ncc3ccccc3n1)CC2. The van der Waals surface area contributed by atoms with E-state index in [2.05, 4.69) is 15.3 Å². The Bertz CT molecular complexity index is 1250. The molecule has 5 rings (SSSR count). The molecule has 0 aliphatic heterocycles. The highest BCUT2D eigenvalue weighted by Crippen LogP contribution is 2.33. The van der Waals surface area contributed by atoms with Gasteiger partial charge < -0.3 is 15.0 Å². The molecule has 1 aliphatic rings. The fourth-order valence-corrected chi connectivity index (χ4v) is 4.29. The normalized spacial score (nSPS) is 16.1. The molecule has 146 valence electrons. The smallest absolute Gasteiger partial charge is 0.323 e. The highest BCUT2D eigenvalue weighted by atomic mass is 19.1. The standard InChI is InChI=1S/C22H19FN4O2/c23-14-5-7-19-16(9-14)17-10-15(6-8-20(17)27(19)12-21(28)29)25-22-24-11-13-3-1-2-4-18(13)26-22/h1-5,7,9,11,15H,6,8,10,12H2,(H,28,29)(H,24,25,26). The number of aromatic nitrogens is 3. The Kier molecular flexibility index (Phi) is 4.16. The van der Waals surface area contributed by atoms with Crippen molar-refractivity contribution in [3.63, 3.8) is 0 Å². The van der Waals surface area contributed by atoms with Crippen LogP contribution >= 0.6 is 0 Å². The first-order valence-electron chi connectivity index (χ1n) is 9.58. The Hall–Kier alpha value is -3.48. The average molecular weight is 390 g/mol. The second-order valence-corrected chi connectivity index (χ2v) is 7.40. The molecule has 2 N–H and O–H groups in total. The van der Waals surface area contributed by atoms with Crippen LogP contribution in [0.3, 0.4) is 0 Å². The van der Waals surface area contributed by atoms with Crippen LogP contribution in [0.15, 0.2) is 48.7 Å².